The topological polar surface area (TPSA) is 41.5 Å². The number of methoxy groups -OCH3 is 1. The lowest BCUT2D eigenvalue weighted by atomic mass is 10.3. The van der Waals surface area contributed by atoms with Crippen molar-refractivity contribution in [3.63, 3.8) is 0 Å². The number of unbranched alkanes of at least 4 members (excludes halogenated alkanes) is 2. The highest BCUT2D eigenvalue weighted by Crippen LogP contribution is 1.88. The quantitative estimate of drug-likeness (QED) is 0.509. The number of aliphatic hydroxyl groups is 1. The van der Waals surface area contributed by atoms with Crippen molar-refractivity contribution >= 4 is 0 Å². The Morgan fingerprint density at radius 3 is 2.33 bits per heavy atom. The van der Waals surface area contributed by atoms with E-state index in [2.05, 4.69) is 5.32 Å². The summed E-state index contributed by atoms with van der Waals surface area (Å²) in [6.07, 6.45) is 4.28. The number of rotatable bonds is 9. The summed E-state index contributed by atoms with van der Waals surface area (Å²) in [5.41, 5.74) is 0. The fourth-order valence-corrected chi connectivity index (χ4v) is 0.983. The zero-order chi connectivity index (χ0) is 9.07. The van der Waals surface area contributed by atoms with Crippen molar-refractivity contribution in [2.45, 2.75) is 25.7 Å². The molecule has 0 spiro atoms. The summed E-state index contributed by atoms with van der Waals surface area (Å²) in [7, 11) is 1.73. The average Bonchev–Trinajstić information content (AvgIpc) is 2.10. The van der Waals surface area contributed by atoms with E-state index in [-0.39, 0.29) is 0 Å². The summed E-state index contributed by atoms with van der Waals surface area (Å²) in [4.78, 5) is 0. The Labute approximate surface area is 75.1 Å². The molecule has 0 aliphatic carbocycles. The Morgan fingerprint density at radius 1 is 1.08 bits per heavy atom. The van der Waals surface area contributed by atoms with Crippen molar-refractivity contribution in [3.8, 4) is 0 Å². The van der Waals surface area contributed by atoms with Gasteiger partial charge < -0.3 is 15.2 Å². The molecule has 0 bridgehead atoms. The molecule has 74 valence electrons. The van der Waals surface area contributed by atoms with Gasteiger partial charge in [-0.3, -0.25) is 0 Å². The molecule has 0 atom stereocenters. The predicted molar refractivity (Wildman–Crippen MR) is 50.3 cm³/mol. The first-order valence-electron chi connectivity index (χ1n) is 4.72. The molecule has 0 fully saturated rings. The molecule has 0 amide bonds. The Kier molecular flexibility index (Phi) is 10.8. The minimum atomic E-state index is 0.311. The van der Waals surface area contributed by atoms with Crippen LogP contribution in [0.5, 0.6) is 0 Å². The summed E-state index contributed by atoms with van der Waals surface area (Å²) in [5.74, 6) is 0. The molecule has 12 heavy (non-hydrogen) atoms. The molecule has 0 saturated heterocycles. The molecular weight excluding hydrogens is 154 g/mol. The van der Waals surface area contributed by atoms with Gasteiger partial charge in [0.2, 0.25) is 0 Å². The Bertz CT molecular complexity index is 68.9. The Hall–Kier alpha value is -0.120. The van der Waals surface area contributed by atoms with Crippen LogP contribution in [0.1, 0.15) is 25.7 Å². The van der Waals surface area contributed by atoms with Crippen molar-refractivity contribution in [3.05, 3.63) is 0 Å². The predicted octanol–water partition coefficient (Wildman–Crippen LogP) is 0.775. The molecule has 0 radical (unpaired) electrons. The van der Waals surface area contributed by atoms with E-state index in [9.17, 15) is 0 Å². The van der Waals surface area contributed by atoms with Gasteiger partial charge >= 0.3 is 0 Å². The van der Waals surface area contributed by atoms with E-state index in [4.69, 9.17) is 9.84 Å². The molecule has 0 aromatic carbocycles. The third-order valence-corrected chi connectivity index (χ3v) is 1.71. The van der Waals surface area contributed by atoms with Crippen LogP contribution in [0.2, 0.25) is 0 Å². The normalized spacial score (nSPS) is 10.5. The molecule has 0 unspecified atom stereocenters. The van der Waals surface area contributed by atoms with Gasteiger partial charge in [-0.15, -0.1) is 0 Å². The maximum atomic E-state index is 8.49. The van der Waals surface area contributed by atoms with Crippen LogP contribution in [0.3, 0.4) is 0 Å². The largest absolute Gasteiger partial charge is 0.396 e. The van der Waals surface area contributed by atoms with Crippen LogP contribution >= 0.6 is 0 Å². The van der Waals surface area contributed by atoms with Crippen molar-refractivity contribution in [1.82, 2.24) is 5.32 Å². The minimum Gasteiger partial charge on any atom is -0.396 e. The first-order valence-corrected chi connectivity index (χ1v) is 4.72. The molecule has 3 nitrogen and oxygen atoms in total. The van der Waals surface area contributed by atoms with E-state index in [1.54, 1.807) is 7.11 Å². The second kappa shape index (κ2) is 10.9. The second-order valence-electron chi connectivity index (χ2n) is 2.88. The summed E-state index contributed by atoms with van der Waals surface area (Å²) < 4.78 is 4.93. The molecule has 2 N–H and O–H groups in total. The lowest BCUT2D eigenvalue weighted by molar-refractivity contribution is 0.192. The number of hydrogen-bond acceptors (Lipinski definition) is 3. The monoisotopic (exact) mass is 175 g/mol. The number of hydrogen-bond donors (Lipinski definition) is 2. The molecule has 0 aliphatic rings. The minimum absolute atomic E-state index is 0.311. The molecule has 0 aromatic rings. The van der Waals surface area contributed by atoms with Crippen molar-refractivity contribution in [1.29, 1.82) is 0 Å². The van der Waals surface area contributed by atoms with Crippen LogP contribution in [0.4, 0.5) is 0 Å². The van der Waals surface area contributed by atoms with Crippen molar-refractivity contribution < 1.29 is 9.84 Å². The number of nitrogens with one attached hydrogen (secondary N) is 1. The lowest BCUT2D eigenvalue weighted by Gasteiger charge is -2.03. The van der Waals surface area contributed by atoms with Crippen LogP contribution in [0.25, 0.3) is 0 Å². The van der Waals surface area contributed by atoms with Gasteiger partial charge in [0.05, 0.1) is 0 Å². The van der Waals surface area contributed by atoms with Gasteiger partial charge in [0, 0.05) is 20.3 Å². The van der Waals surface area contributed by atoms with Crippen LogP contribution in [0, 0.1) is 0 Å². The number of ether oxygens (including phenoxy) is 1. The third-order valence-electron chi connectivity index (χ3n) is 1.71. The average molecular weight is 175 g/mol. The van der Waals surface area contributed by atoms with Crippen LogP contribution in [-0.4, -0.2) is 38.5 Å². The van der Waals surface area contributed by atoms with E-state index >= 15 is 0 Å². The fraction of sp³-hybridized carbons (Fsp3) is 1.00. The molecule has 0 rings (SSSR count). The third kappa shape index (κ3) is 9.88. The van der Waals surface area contributed by atoms with Gasteiger partial charge in [0.25, 0.3) is 0 Å². The van der Waals surface area contributed by atoms with Crippen LogP contribution < -0.4 is 5.32 Å². The standard InChI is InChI=1S/C9H21NO2/c1-12-9-5-3-7-10-6-2-4-8-11/h10-11H,2-9H2,1H3. The highest BCUT2D eigenvalue weighted by Gasteiger charge is 1.88. The van der Waals surface area contributed by atoms with Gasteiger partial charge in [-0.25, -0.2) is 0 Å². The highest BCUT2D eigenvalue weighted by molar-refractivity contribution is 4.48. The molecule has 0 saturated carbocycles. The van der Waals surface area contributed by atoms with Crippen LogP contribution in [-0.2, 0) is 4.74 Å². The summed E-state index contributed by atoms with van der Waals surface area (Å²) in [6.45, 7) is 3.26. The molecular formula is C9H21NO2. The number of aliphatic hydroxyl groups excluding tert-OH is 1. The maximum absolute atomic E-state index is 8.49. The summed E-state index contributed by atoms with van der Waals surface area (Å²) in [5, 5.41) is 11.8. The smallest absolute Gasteiger partial charge is 0.0462 e. The van der Waals surface area contributed by atoms with E-state index < -0.39 is 0 Å². The first-order chi connectivity index (χ1) is 5.91. The zero-order valence-corrected chi connectivity index (χ0v) is 8.01. The Balaban J connectivity index is 2.73. The molecule has 0 heterocycles. The maximum Gasteiger partial charge on any atom is 0.0462 e. The second-order valence-corrected chi connectivity index (χ2v) is 2.88. The SMILES string of the molecule is COCCCCNCCCCO. The Morgan fingerprint density at radius 2 is 1.75 bits per heavy atom. The van der Waals surface area contributed by atoms with Crippen molar-refractivity contribution in [2.24, 2.45) is 0 Å². The zero-order valence-electron chi connectivity index (χ0n) is 8.01. The molecule has 0 aliphatic heterocycles. The van der Waals surface area contributed by atoms with E-state index in [0.717, 1.165) is 39.0 Å². The van der Waals surface area contributed by atoms with Crippen molar-refractivity contribution in [2.75, 3.05) is 33.4 Å². The van der Waals surface area contributed by atoms with Gasteiger partial charge in [0.15, 0.2) is 0 Å². The fourth-order valence-electron chi connectivity index (χ4n) is 0.983. The first kappa shape index (κ1) is 11.9. The van der Waals surface area contributed by atoms with Gasteiger partial charge in [-0.05, 0) is 38.8 Å². The summed E-state index contributed by atoms with van der Waals surface area (Å²) >= 11 is 0. The van der Waals surface area contributed by atoms with Gasteiger partial charge in [-0.2, -0.15) is 0 Å². The molecule has 0 aromatic heterocycles. The molecule has 3 heteroatoms. The van der Waals surface area contributed by atoms with Gasteiger partial charge in [0.1, 0.15) is 0 Å². The van der Waals surface area contributed by atoms with Crippen LogP contribution in [0.15, 0.2) is 0 Å². The van der Waals surface area contributed by atoms with E-state index in [0.29, 0.717) is 6.61 Å². The highest BCUT2D eigenvalue weighted by atomic mass is 16.5. The lowest BCUT2D eigenvalue weighted by Crippen LogP contribution is -2.17. The van der Waals surface area contributed by atoms with E-state index in [1.165, 1.54) is 6.42 Å². The van der Waals surface area contributed by atoms with Gasteiger partial charge in [-0.1, -0.05) is 0 Å². The summed E-state index contributed by atoms with van der Waals surface area (Å²) in [6, 6.07) is 0. The van der Waals surface area contributed by atoms with E-state index in [1.807, 2.05) is 0 Å².